The van der Waals surface area contributed by atoms with Crippen LogP contribution in [0.5, 0.6) is 11.5 Å². The predicted molar refractivity (Wildman–Crippen MR) is 86.7 cm³/mol. The monoisotopic (exact) mass is 341 g/mol. The highest BCUT2D eigenvalue weighted by Crippen LogP contribution is 2.33. The SMILES string of the molecule is CCc1nn(CC(N)=O)c(CC)c1Oc1cc(Cl)cc(Cl)c1. The maximum atomic E-state index is 11.2. The van der Waals surface area contributed by atoms with E-state index >= 15 is 0 Å². The fourth-order valence-corrected chi connectivity index (χ4v) is 2.72. The van der Waals surface area contributed by atoms with Gasteiger partial charge in [0.05, 0.1) is 5.69 Å². The second kappa shape index (κ2) is 7.03. The standard InChI is InChI=1S/C15H17Cl2N3O2/c1-3-12-15(13(4-2)20(19-12)8-14(18)21)22-11-6-9(16)5-10(17)7-11/h5-7H,3-4,8H2,1-2H3,(H2,18,21). The van der Waals surface area contributed by atoms with Crippen LogP contribution in [0.2, 0.25) is 10.0 Å². The number of rotatable bonds is 6. The molecule has 0 radical (unpaired) electrons. The van der Waals surface area contributed by atoms with Crippen molar-refractivity contribution >= 4 is 29.1 Å². The summed E-state index contributed by atoms with van der Waals surface area (Å²) in [7, 11) is 0. The second-order valence-electron chi connectivity index (χ2n) is 4.76. The zero-order chi connectivity index (χ0) is 16.3. The zero-order valence-corrected chi connectivity index (χ0v) is 13.9. The van der Waals surface area contributed by atoms with E-state index in [1.54, 1.807) is 22.9 Å². The minimum atomic E-state index is -0.447. The Labute approximate surface area is 139 Å². The van der Waals surface area contributed by atoms with Gasteiger partial charge in [-0.3, -0.25) is 9.48 Å². The molecule has 0 spiro atoms. The van der Waals surface area contributed by atoms with Crippen LogP contribution >= 0.6 is 23.2 Å². The number of aromatic nitrogens is 2. The number of hydrogen-bond donors (Lipinski definition) is 1. The van der Waals surface area contributed by atoms with Crippen molar-refractivity contribution in [2.45, 2.75) is 33.2 Å². The molecule has 0 aliphatic rings. The lowest BCUT2D eigenvalue weighted by Crippen LogP contribution is -2.20. The largest absolute Gasteiger partial charge is 0.453 e. The molecule has 0 atom stereocenters. The quantitative estimate of drug-likeness (QED) is 0.872. The molecule has 0 fully saturated rings. The van der Waals surface area contributed by atoms with Crippen LogP contribution in [0, 0.1) is 0 Å². The number of primary amides is 1. The van der Waals surface area contributed by atoms with Crippen LogP contribution in [-0.4, -0.2) is 15.7 Å². The number of carbonyl (C=O) groups is 1. The van der Waals surface area contributed by atoms with E-state index in [2.05, 4.69) is 5.10 Å². The van der Waals surface area contributed by atoms with Gasteiger partial charge in [0, 0.05) is 10.0 Å². The maximum Gasteiger partial charge on any atom is 0.239 e. The Hall–Kier alpha value is -1.72. The summed E-state index contributed by atoms with van der Waals surface area (Å²) < 4.78 is 7.53. The highest BCUT2D eigenvalue weighted by Gasteiger charge is 2.19. The molecule has 22 heavy (non-hydrogen) atoms. The third-order valence-corrected chi connectivity index (χ3v) is 3.55. The number of nitrogens with zero attached hydrogens (tertiary/aromatic N) is 2. The van der Waals surface area contributed by atoms with Gasteiger partial charge in [-0.2, -0.15) is 5.10 Å². The molecule has 1 heterocycles. The van der Waals surface area contributed by atoms with Gasteiger partial charge in [-0.1, -0.05) is 37.0 Å². The lowest BCUT2D eigenvalue weighted by molar-refractivity contribution is -0.118. The normalized spacial score (nSPS) is 10.7. The Morgan fingerprint density at radius 2 is 1.86 bits per heavy atom. The number of halogens is 2. The molecule has 1 aromatic carbocycles. The first-order valence-corrected chi connectivity index (χ1v) is 7.71. The summed E-state index contributed by atoms with van der Waals surface area (Å²) >= 11 is 12.0. The van der Waals surface area contributed by atoms with E-state index in [4.69, 9.17) is 33.7 Å². The fourth-order valence-electron chi connectivity index (χ4n) is 2.21. The van der Waals surface area contributed by atoms with Crippen molar-refractivity contribution in [1.29, 1.82) is 0 Å². The number of carbonyl (C=O) groups excluding carboxylic acids is 1. The van der Waals surface area contributed by atoms with E-state index in [1.807, 2.05) is 13.8 Å². The first-order valence-electron chi connectivity index (χ1n) is 6.95. The van der Waals surface area contributed by atoms with Crippen molar-refractivity contribution < 1.29 is 9.53 Å². The lowest BCUT2D eigenvalue weighted by Gasteiger charge is -2.09. The third-order valence-electron chi connectivity index (χ3n) is 3.11. The maximum absolute atomic E-state index is 11.2. The topological polar surface area (TPSA) is 70.1 Å². The van der Waals surface area contributed by atoms with Gasteiger partial charge in [0.25, 0.3) is 0 Å². The number of ether oxygens (including phenoxy) is 1. The number of amides is 1. The summed E-state index contributed by atoms with van der Waals surface area (Å²) in [5.74, 6) is 0.710. The first-order chi connectivity index (χ1) is 10.4. The van der Waals surface area contributed by atoms with E-state index in [0.29, 0.717) is 34.4 Å². The molecular formula is C15H17Cl2N3O2. The van der Waals surface area contributed by atoms with E-state index in [1.165, 1.54) is 0 Å². The molecule has 1 aromatic heterocycles. The number of benzene rings is 1. The molecule has 0 bridgehead atoms. The Balaban J connectivity index is 2.44. The molecule has 0 unspecified atom stereocenters. The molecule has 0 saturated carbocycles. The highest BCUT2D eigenvalue weighted by atomic mass is 35.5. The summed E-state index contributed by atoms with van der Waals surface area (Å²) in [5, 5.41) is 5.38. The van der Waals surface area contributed by atoms with Crippen LogP contribution in [0.3, 0.4) is 0 Å². The van der Waals surface area contributed by atoms with Crippen LogP contribution in [0.15, 0.2) is 18.2 Å². The minimum Gasteiger partial charge on any atom is -0.453 e. The number of nitrogens with two attached hydrogens (primary N) is 1. The molecule has 2 N–H and O–H groups in total. The predicted octanol–water partition coefficient (Wildman–Crippen LogP) is 3.59. The molecule has 0 aliphatic carbocycles. The smallest absolute Gasteiger partial charge is 0.239 e. The minimum absolute atomic E-state index is 0.0236. The van der Waals surface area contributed by atoms with Gasteiger partial charge in [-0.25, -0.2) is 0 Å². The van der Waals surface area contributed by atoms with E-state index in [-0.39, 0.29) is 6.54 Å². The van der Waals surface area contributed by atoms with Gasteiger partial charge < -0.3 is 10.5 Å². The number of hydrogen-bond acceptors (Lipinski definition) is 3. The van der Waals surface area contributed by atoms with Crippen LogP contribution in [0.4, 0.5) is 0 Å². The second-order valence-corrected chi connectivity index (χ2v) is 5.63. The van der Waals surface area contributed by atoms with Gasteiger partial charge in [0.2, 0.25) is 5.91 Å². The van der Waals surface area contributed by atoms with Gasteiger partial charge in [0.15, 0.2) is 5.75 Å². The average molecular weight is 342 g/mol. The van der Waals surface area contributed by atoms with Crippen molar-refractivity contribution in [3.8, 4) is 11.5 Å². The Morgan fingerprint density at radius 3 is 2.36 bits per heavy atom. The van der Waals surface area contributed by atoms with Gasteiger partial charge in [-0.15, -0.1) is 0 Å². The molecule has 2 aromatic rings. The van der Waals surface area contributed by atoms with Gasteiger partial charge in [0.1, 0.15) is 18.0 Å². The van der Waals surface area contributed by atoms with Crippen molar-refractivity contribution in [2.75, 3.05) is 0 Å². The summed E-state index contributed by atoms with van der Waals surface area (Å²) in [5.41, 5.74) is 6.84. The molecule has 0 saturated heterocycles. The fraction of sp³-hybridized carbons (Fsp3) is 0.333. The van der Waals surface area contributed by atoms with Crippen molar-refractivity contribution in [3.05, 3.63) is 39.6 Å². The zero-order valence-electron chi connectivity index (χ0n) is 12.4. The molecule has 5 nitrogen and oxygen atoms in total. The Morgan fingerprint density at radius 1 is 1.23 bits per heavy atom. The Kier molecular flexibility index (Phi) is 5.32. The highest BCUT2D eigenvalue weighted by molar-refractivity contribution is 6.34. The van der Waals surface area contributed by atoms with Crippen molar-refractivity contribution in [2.24, 2.45) is 5.73 Å². The van der Waals surface area contributed by atoms with Crippen LogP contribution in [0.25, 0.3) is 0 Å². The van der Waals surface area contributed by atoms with Crippen molar-refractivity contribution in [3.63, 3.8) is 0 Å². The first kappa shape index (κ1) is 16.6. The average Bonchev–Trinajstić information content (AvgIpc) is 2.73. The van der Waals surface area contributed by atoms with Crippen molar-refractivity contribution in [1.82, 2.24) is 9.78 Å². The van der Waals surface area contributed by atoms with Gasteiger partial charge in [-0.05, 0) is 31.0 Å². The van der Waals surface area contributed by atoms with Crippen LogP contribution in [-0.2, 0) is 24.2 Å². The number of aryl methyl sites for hydroxylation is 1. The summed E-state index contributed by atoms with van der Waals surface area (Å²) in [6.07, 6.45) is 1.33. The molecule has 118 valence electrons. The van der Waals surface area contributed by atoms with E-state index < -0.39 is 5.91 Å². The molecule has 0 aliphatic heterocycles. The van der Waals surface area contributed by atoms with E-state index in [9.17, 15) is 4.79 Å². The van der Waals surface area contributed by atoms with Gasteiger partial charge >= 0.3 is 0 Å². The van der Waals surface area contributed by atoms with Crippen LogP contribution in [0.1, 0.15) is 25.2 Å². The molecular weight excluding hydrogens is 325 g/mol. The molecule has 2 rings (SSSR count). The molecule has 1 amide bonds. The van der Waals surface area contributed by atoms with Crippen LogP contribution < -0.4 is 10.5 Å². The summed E-state index contributed by atoms with van der Waals surface area (Å²) in [6.45, 7) is 3.95. The van der Waals surface area contributed by atoms with E-state index in [0.717, 1.165) is 11.4 Å². The lowest BCUT2D eigenvalue weighted by atomic mass is 10.2. The Bertz CT molecular complexity index is 678. The third kappa shape index (κ3) is 3.72. The summed E-state index contributed by atoms with van der Waals surface area (Å²) in [4.78, 5) is 11.2. The molecule has 7 heteroatoms. The summed E-state index contributed by atoms with van der Waals surface area (Å²) in [6, 6.07) is 4.99.